The average Bonchev–Trinajstić information content (AvgIpc) is 3.08. The first-order valence-electron chi connectivity index (χ1n) is 8.31. The van der Waals surface area contributed by atoms with Crippen LogP contribution < -0.4 is 10.1 Å². The zero-order valence-electron chi connectivity index (χ0n) is 13.7. The summed E-state index contributed by atoms with van der Waals surface area (Å²) < 4.78 is 5.33. The highest BCUT2D eigenvalue weighted by atomic mass is 35.5. The van der Waals surface area contributed by atoms with Gasteiger partial charge in [0, 0.05) is 11.1 Å². The SMILES string of the molecule is CCOc1ccc(NC(=O)C2(c3ccccc3Cl)CCCC2)cn1. The summed E-state index contributed by atoms with van der Waals surface area (Å²) >= 11 is 6.39. The van der Waals surface area contributed by atoms with E-state index in [0.29, 0.717) is 23.2 Å². The van der Waals surface area contributed by atoms with E-state index in [2.05, 4.69) is 10.3 Å². The molecule has 24 heavy (non-hydrogen) atoms. The van der Waals surface area contributed by atoms with Gasteiger partial charge in [-0.25, -0.2) is 4.98 Å². The molecule has 0 bridgehead atoms. The second-order valence-electron chi connectivity index (χ2n) is 6.04. The number of nitrogens with zero attached hydrogens (tertiary/aromatic N) is 1. The summed E-state index contributed by atoms with van der Waals surface area (Å²) in [5.74, 6) is 0.538. The van der Waals surface area contributed by atoms with Gasteiger partial charge in [-0.2, -0.15) is 0 Å². The number of ether oxygens (including phenoxy) is 1. The molecule has 1 aliphatic carbocycles. The Morgan fingerprint density at radius 1 is 1.25 bits per heavy atom. The predicted molar refractivity (Wildman–Crippen MR) is 95.6 cm³/mol. The molecule has 0 atom stereocenters. The topological polar surface area (TPSA) is 51.2 Å². The highest BCUT2D eigenvalue weighted by Gasteiger charge is 2.43. The first-order valence-corrected chi connectivity index (χ1v) is 8.69. The number of benzene rings is 1. The van der Waals surface area contributed by atoms with Crippen LogP contribution in [0.25, 0.3) is 0 Å². The number of carbonyl (C=O) groups is 1. The number of hydrogen-bond donors (Lipinski definition) is 1. The van der Waals surface area contributed by atoms with Gasteiger partial charge in [0.15, 0.2) is 0 Å². The molecule has 1 aromatic carbocycles. The van der Waals surface area contributed by atoms with Gasteiger partial charge >= 0.3 is 0 Å². The van der Waals surface area contributed by atoms with Crippen molar-refractivity contribution < 1.29 is 9.53 Å². The minimum absolute atomic E-state index is 0.0148. The van der Waals surface area contributed by atoms with Gasteiger partial charge in [0.1, 0.15) is 0 Å². The number of rotatable bonds is 5. The standard InChI is InChI=1S/C19H21ClN2O2/c1-2-24-17-10-9-14(13-21-17)22-18(23)19(11-5-6-12-19)15-7-3-4-8-16(15)20/h3-4,7-10,13H,2,5-6,11-12H2,1H3,(H,22,23). The van der Waals surface area contributed by atoms with Gasteiger partial charge in [-0.05, 0) is 37.5 Å². The Hall–Kier alpha value is -2.07. The van der Waals surface area contributed by atoms with Crippen LogP contribution in [0.15, 0.2) is 42.6 Å². The van der Waals surface area contributed by atoms with Crippen LogP contribution in [-0.4, -0.2) is 17.5 Å². The molecule has 0 spiro atoms. The van der Waals surface area contributed by atoms with Crippen LogP contribution in [0.4, 0.5) is 5.69 Å². The lowest BCUT2D eigenvalue weighted by molar-refractivity contribution is -0.121. The number of halogens is 1. The number of pyridine rings is 1. The highest BCUT2D eigenvalue weighted by Crippen LogP contribution is 2.44. The molecule has 0 radical (unpaired) electrons. The van der Waals surface area contributed by atoms with Crippen molar-refractivity contribution in [3.8, 4) is 5.88 Å². The van der Waals surface area contributed by atoms with Gasteiger partial charge in [-0.1, -0.05) is 42.6 Å². The van der Waals surface area contributed by atoms with Crippen molar-refractivity contribution >= 4 is 23.2 Å². The molecular formula is C19H21ClN2O2. The number of amides is 1. The molecule has 1 aromatic heterocycles. The lowest BCUT2D eigenvalue weighted by Gasteiger charge is -2.29. The van der Waals surface area contributed by atoms with E-state index in [4.69, 9.17) is 16.3 Å². The largest absolute Gasteiger partial charge is 0.478 e. The van der Waals surface area contributed by atoms with E-state index in [1.165, 1.54) is 0 Å². The molecule has 1 saturated carbocycles. The molecular weight excluding hydrogens is 324 g/mol. The zero-order valence-corrected chi connectivity index (χ0v) is 14.5. The van der Waals surface area contributed by atoms with E-state index in [1.807, 2.05) is 37.3 Å². The fourth-order valence-corrected chi connectivity index (χ4v) is 3.70. The molecule has 3 rings (SSSR count). The number of carbonyl (C=O) groups excluding carboxylic acids is 1. The van der Waals surface area contributed by atoms with Crippen molar-refractivity contribution in [2.24, 2.45) is 0 Å². The minimum atomic E-state index is -0.559. The van der Waals surface area contributed by atoms with E-state index >= 15 is 0 Å². The average molecular weight is 345 g/mol. The molecule has 1 heterocycles. The molecule has 4 nitrogen and oxygen atoms in total. The number of nitrogens with one attached hydrogen (secondary N) is 1. The Balaban J connectivity index is 1.84. The minimum Gasteiger partial charge on any atom is -0.478 e. The molecule has 1 fully saturated rings. The summed E-state index contributed by atoms with van der Waals surface area (Å²) in [4.78, 5) is 17.3. The fraction of sp³-hybridized carbons (Fsp3) is 0.368. The first kappa shape index (κ1) is 16.8. The van der Waals surface area contributed by atoms with Crippen molar-refractivity contribution in [2.45, 2.75) is 38.0 Å². The maximum atomic E-state index is 13.1. The number of hydrogen-bond acceptors (Lipinski definition) is 3. The van der Waals surface area contributed by atoms with Crippen molar-refractivity contribution in [3.05, 3.63) is 53.2 Å². The molecule has 0 unspecified atom stereocenters. The summed E-state index contributed by atoms with van der Waals surface area (Å²) in [5.41, 5.74) is 1.03. The van der Waals surface area contributed by atoms with Crippen molar-refractivity contribution in [1.82, 2.24) is 4.98 Å². The summed E-state index contributed by atoms with van der Waals surface area (Å²) in [7, 11) is 0. The Morgan fingerprint density at radius 2 is 2.00 bits per heavy atom. The van der Waals surface area contributed by atoms with E-state index in [9.17, 15) is 4.79 Å². The number of anilines is 1. The Bertz CT molecular complexity index is 710. The third-order valence-corrected chi connectivity index (χ3v) is 4.90. The quantitative estimate of drug-likeness (QED) is 0.863. The van der Waals surface area contributed by atoms with Crippen LogP contribution in [0.5, 0.6) is 5.88 Å². The summed E-state index contributed by atoms with van der Waals surface area (Å²) in [6, 6.07) is 11.2. The highest BCUT2D eigenvalue weighted by molar-refractivity contribution is 6.31. The van der Waals surface area contributed by atoms with Crippen LogP contribution in [-0.2, 0) is 10.2 Å². The van der Waals surface area contributed by atoms with Crippen LogP contribution in [0.2, 0.25) is 5.02 Å². The van der Waals surface area contributed by atoms with Gasteiger partial charge in [-0.15, -0.1) is 0 Å². The van der Waals surface area contributed by atoms with Crippen LogP contribution in [0.1, 0.15) is 38.2 Å². The van der Waals surface area contributed by atoms with Crippen LogP contribution in [0, 0.1) is 0 Å². The maximum Gasteiger partial charge on any atom is 0.235 e. The third-order valence-electron chi connectivity index (χ3n) is 4.57. The molecule has 1 N–H and O–H groups in total. The molecule has 126 valence electrons. The molecule has 0 aliphatic heterocycles. The molecule has 2 aromatic rings. The Morgan fingerprint density at radius 3 is 2.62 bits per heavy atom. The Kier molecular flexibility index (Phi) is 5.05. The van der Waals surface area contributed by atoms with Gasteiger partial charge in [0.05, 0.1) is 23.9 Å². The van der Waals surface area contributed by atoms with E-state index in [1.54, 1.807) is 12.3 Å². The monoisotopic (exact) mass is 344 g/mol. The van der Waals surface area contributed by atoms with Crippen LogP contribution >= 0.6 is 11.6 Å². The molecule has 0 saturated heterocycles. The maximum absolute atomic E-state index is 13.1. The molecule has 1 amide bonds. The predicted octanol–water partition coefficient (Wildman–Crippen LogP) is 4.58. The normalized spacial score (nSPS) is 15.9. The van der Waals surface area contributed by atoms with E-state index < -0.39 is 5.41 Å². The van der Waals surface area contributed by atoms with Crippen molar-refractivity contribution in [3.63, 3.8) is 0 Å². The summed E-state index contributed by atoms with van der Waals surface area (Å²) in [5, 5.41) is 3.66. The molecule has 1 aliphatic rings. The van der Waals surface area contributed by atoms with Gasteiger partial charge in [0.2, 0.25) is 11.8 Å². The number of aromatic nitrogens is 1. The van der Waals surface area contributed by atoms with E-state index in [-0.39, 0.29) is 5.91 Å². The lowest BCUT2D eigenvalue weighted by atomic mass is 9.78. The zero-order chi connectivity index (χ0) is 17.0. The molecule has 5 heteroatoms. The third kappa shape index (κ3) is 3.24. The summed E-state index contributed by atoms with van der Waals surface area (Å²) in [6.07, 6.45) is 5.30. The second-order valence-corrected chi connectivity index (χ2v) is 6.45. The smallest absolute Gasteiger partial charge is 0.235 e. The Labute approximate surface area is 147 Å². The van der Waals surface area contributed by atoms with Crippen LogP contribution in [0.3, 0.4) is 0 Å². The van der Waals surface area contributed by atoms with Crippen molar-refractivity contribution in [1.29, 1.82) is 0 Å². The van der Waals surface area contributed by atoms with Gasteiger partial charge in [0.25, 0.3) is 0 Å². The lowest BCUT2D eigenvalue weighted by Crippen LogP contribution is -2.38. The second kappa shape index (κ2) is 7.22. The first-order chi connectivity index (χ1) is 11.7. The fourth-order valence-electron chi connectivity index (χ4n) is 3.38. The van der Waals surface area contributed by atoms with E-state index in [0.717, 1.165) is 31.2 Å². The van der Waals surface area contributed by atoms with Crippen molar-refractivity contribution in [2.75, 3.05) is 11.9 Å². The summed E-state index contributed by atoms with van der Waals surface area (Å²) in [6.45, 7) is 2.47. The van der Waals surface area contributed by atoms with Gasteiger partial charge < -0.3 is 10.1 Å². The van der Waals surface area contributed by atoms with Gasteiger partial charge in [-0.3, -0.25) is 4.79 Å².